The lowest BCUT2D eigenvalue weighted by molar-refractivity contribution is 0.541. The SMILES string of the molecule is CC=C1CC2CCC(C1)N2c1cc(=O)n(C)cn1. The normalized spacial score (nSPS) is 26.6. The van der Waals surface area contributed by atoms with Crippen LogP contribution in [0.15, 0.2) is 28.8 Å². The van der Waals surface area contributed by atoms with Gasteiger partial charge in [0, 0.05) is 25.2 Å². The number of nitrogens with zero attached hydrogens (tertiary/aromatic N) is 3. The Labute approximate surface area is 107 Å². The molecule has 18 heavy (non-hydrogen) atoms. The van der Waals surface area contributed by atoms with Crippen molar-refractivity contribution in [3.05, 3.63) is 34.4 Å². The molecule has 0 amide bonds. The van der Waals surface area contributed by atoms with Crippen LogP contribution in [0.25, 0.3) is 0 Å². The van der Waals surface area contributed by atoms with Crippen LogP contribution in [0.2, 0.25) is 0 Å². The summed E-state index contributed by atoms with van der Waals surface area (Å²) in [6.45, 7) is 2.13. The van der Waals surface area contributed by atoms with Crippen molar-refractivity contribution in [1.29, 1.82) is 0 Å². The van der Waals surface area contributed by atoms with Crippen LogP contribution in [0.1, 0.15) is 32.6 Å². The molecule has 0 radical (unpaired) electrons. The highest BCUT2D eigenvalue weighted by molar-refractivity contribution is 5.44. The second-order valence-corrected chi connectivity index (χ2v) is 5.34. The molecular formula is C14H19N3O. The van der Waals surface area contributed by atoms with Gasteiger partial charge in [-0.25, -0.2) is 4.98 Å². The summed E-state index contributed by atoms with van der Waals surface area (Å²) in [6, 6.07) is 2.75. The maximum absolute atomic E-state index is 11.7. The zero-order valence-electron chi connectivity index (χ0n) is 11.0. The van der Waals surface area contributed by atoms with Gasteiger partial charge in [-0.2, -0.15) is 0 Å². The lowest BCUT2D eigenvalue weighted by Crippen LogP contribution is -2.41. The molecule has 0 aromatic carbocycles. The Morgan fingerprint density at radius 1 is 1.33 bits per heavy atom. The zero-order valence-corrected chi connectivity index (χ0v) is 11.0. The van der Waals surface area contributed by atoms with Gasteiger partial charge in [-0.15, -0.1) is 0 Å². The molecule has 1 aromatic heterocycles. The van der Waals surface area contributed by atoms with Crippen LogP contribution in [0.4, 0.5) is 5.82 Å². The van der Waals surface area contributed by atoms with Crippen LogP contribution in [0.5, 0.6) is 0 Å². The van der Waals surface area contributed by atoms with E-state index in [2.05, 4.69) is 22.9 Å². The smallest absolute Gasteiger partial charge is 0.255 e. The molecule has 3 rings (SSSR count). The summed E-state index contributed by atoms with van der Waals surface area (Å²) in [5.74, 6) is 0.862. The van der Waals surface area contributed by atoms with Gasteiger partial charge in [-0.3, -0.25) is 4.79 Å². The summed E-state index contributed by atoms with van der Waals surface area (Å²) >= 11 is 0. The Balaban J connectivity index is 1.94. The average molecular weight is 245 g/mol. The second-order valence-electron chi connectivity index (χ2n) is 5.34. The number of fused-ring (bicyclic) bond motifs is 2. The van der Waals surface area contributed by atoms with E-state index in [0.717, 1.165) is 18.7 Å². The Kier molecular flexibility index (Phi) is 2.73. The van der Waals surface area contributed by atoms with Gasteiger partial charge in [0.2, 0.25) is 0 Å². The molecule has 4 nitrogen and oxygen atoms in total. The monoisotopic (exact) mass is 245 g/mol. The van der Waals surface area contributed by atoms with Crippen molar-refractivity contribution in [2.24, 2.45) is 7.05 Å². The number of allylic oxidation sites excluding steroid dienone is 1. The zero-order chi connectivity index (χ0) is 12.7. The van der Waals surface area contributed by atoms with Crippen molar-refractivity contribution >= 4 is 5.82 Å². The number of hydrogen-bond donors (Lipinski definition) is 0. The van der Waals surface area contributed by atoms with E-state index in [1.807, 2.05) is 0 Å². The van der Waals surface area contributed by atoms with Crippen LogP contribution in [-0.2, 0) is 7.05 Å². The van der Waals surface area contributed by atoms with Crippen LogP contribution in [0, 0.1) is 0 Å². The number of anilines is 1. The first-order valence-electron chi connectivity index (χ1n) is 6.64. The van der Waals surface area contributed by atoms with E-state index in [1.54, 1.807) is 25.0 Å². The van der Waals surface area contributed by atoms with Crippen LogP contribution < -0.4 is 10.5 Å². The van der Waals surface area contributed by atoms with E-state index >= 15 is 0 Å². The molecule has 2 bridgehead atoms. The molecule has 0 saturated carbocycles. The second kappa shape index (κ2) is 4.26. The molecule has 4 heteroatoms. The number of aryl methyl sites for hydroxylation is 1. The standard InChI is InChI=1S/C14H19N3O/c1-3-10-6-11-4-5-12(7-10)17(11)13-8-14(18)16(2)9-15-13/h3,8-9,11-12H,4-7H2,1-2H3. The number of rotatable bonds is 1. The third-order valence-corrected chi connectivity index (χ3v) is 4.25. The minimum atomic E-state index is 0.0243. The molecule has 0 N–H and O–H groups in total. The van der Waals surface area contributed by atoms with Crippen LogP contribution in [0.3, 0.4) is 0 Å². The lowest BCUT2D eigenvalue weighted by atomic mass is 9.96. The molecule has 2 aliphatic rings. The van der Waals surface area contributed by atoms with Crippen molar-refractivity contribution < 1.29 is 0 Å². The largest absolute Gasteiger partial charge is 0.350 e. The van der Waals surface area contributed by atoms with Crippen molar-refractivity contribution in [1.82, 2.24) is 9.55 Å². The summed E-state index contributed by atoms with van der Waals surface area (Å²) < 4.78 is 1.52. The summed E-state index contributed by atoms with van der Waals surface area (Å²) in [7, 11) is 1.74. The average Bonchev–Trinajstić information content (AvgIpc) is 2.64. The van der Waals surface area contributed by atoms with E-state index in [0.29, 0.717) is 12.1 Å². The fourth-order valence-corrected chi connectivity index (χ4v) is 3.25. The summed E-state index contributed by atoms with van der Waals surface area (Å²) in [5.41, 5.74) is 1.58. The van der Waals surface area contributed by atoms with E-state index < -0.39 is 0 Å². The topological polar surface area (TPSA) is 38.1 Å². The van der Waals surface area contributed by atoms with E-state index in [-0.39, 0.29) is 5.56 Å². The molecule has 96 valence electrons. The maximum atomic E-state index is 11.7. The van der Waals surface area contributed by atoms with Gasteiger partial charge in [-0.05, 0) is 32.6 Å². The van der Waals surface area contributed by atoms with Crippen molar-refractivity contribution in [2.45, 2.75) is 44.7 Å². The predicted octanol–water partition coefficient (Wildman–Crippen LogP) is 1.86. The lowest BCUT2D eigenvalue weighted by Gasteiger charge is -2.37. The fraction of sp³-hybridized carbons (Fsp3) is 0.571. The molecule has 0 aliphatic carbocycles. The first-order chi connectivity index (χ1) is 8.69. The van der Waals surface area contributed by atoms with E-state index in [1.165, 1.54) is 17.4 Å². The highest BCUT2D eigenvalue weighted by atomic mass is 16.1. The minimum Gasteiger partial charge on any atom is -0.350 e. The van der Waals surface area contributed by atoms with Crippen molar-refractivity contribution in [3.63, 3.8) is 0 Å². The maximum Gasteiger partial charge on any atom is 0.255 e. The molecule has 2 unspecified atom stereocenters. The molecule has 2 fully saturated rings. The Morgan fingerprint density at radius 2 is 2.00 bits per heavy atom. The molecule has 2 saturated heterocycles. The van der Waals surface area contributed by atoms with Crippen LogP contribution >= 0.6 is 0 Å². The third kappa shape index (κ3) is 1.76. The number of hydrogen-bond acceptors (Lipinski definition) is 3. The summed E-state index contributed by atoms with van der Waals surface area (Å²) in [5, 5.41) is 0. The van der Waals surface area contributed by atoms with E-state index in [9.17, 15) is 4.79 Å². The minimum absolute atomic E-state index is 0.0243. The fourth-order valence-electron chi connectivity index (χ4n) is 3.25. The highest BCUT2D eigenvalue weighted by Gasteiger charge is 2.38. The highest BCUT2D eigenvalue weighted by Crippen LogP contribution is 2.40. The van der Waals surface area contributed by atoms with Gasteiger partial charge in [-0.1, -0.05) is 11.6 Å². The summed E-state index contributed by atoms with van der Waals surface area (Å²) in [6.07, 6.45) is 8.58. The van der Waals surface area contributed by atoms with E-state index in [4.69, 9.17) is 0 Å². The molecule has 3 heterocycles. The number of piperidine rings is 1. The predicted molar refractivity (Wildman–Crippen MR) is 71.8 cm³/mol. The van der Waals surface area contributed by atoms with Crippen LogP contribution in [-0.4, -0.2) is 21.6 Å². The molecule has 0 spiro atoms. The van der Waals surface area contributed by atoms with Gasteiger partial charge in [0.05, 0.1) is 6.33 Å². The van der Waals surface area contributed by atoms with Crippen molar-refractivity contribution in [2.75, 3.05) is 4.90 Å². The van der Waals surface area contributed by atoms with Crippen molar-refractivity contribution in [3.8, 4) is 0 Å². The molecule has 2 atom stereocenters. The Morgan fingerprint density at radius 3 is 2.56 bits per heavy atom. The first-order valence-corrected chi connectivity index (χ1v) is 6.64. The Bertz CT molecular complexity index is 530. The van der Waals surface area contributed by atoms with Gasteiger partial charge in [0.1, 0.15) is 5.82 Å². The van der Waals surface area contributed by atoms with Gasteiger partial charge in [0.15, 0.2) is 0 Å². The molecule has 2 aliphatic heterocycles. The molecular weight excluding hydrogens is 226 g/mol. The quantitative estimate of drug-likeness (QED) is 0.709. The Hall–Kier alpha value is -1.58. The number of aromatic nitrogens is 2. The summed E-state index contributed by atoms with van der Waals surface area (Å²) in [4.78, 5) is 18.5. The first kappa shape index (κ1) is 11.5. The van der Waals surface area contributed by atoms with Gasteiger partial charge >= 0.3 is 0 Å². The van der Waals surface area contributed by atoms with Gasteiger partial charge < -0.3 is 9.47 Å². The molecule has 1 aromatic rings. The van der Waals surface area contributed by atoms with Gasteiger partial charge in [0.25, 0.3) is 5.56 Å². The third-order valence-electron chi connectivity index (χ3n) is 4.25.